The lowest BCUT2D eigenvalue weighted by molar-refractivity contribution is 0.0783. The third kappa shape index (κ3) is 6.92. The Bertz CT molecular complexity index is 1600. The number of aryl methyl sites for hydroxylation is 1. The molecule has 1 heterocycles. The van der Waals surface area contributed by atoms with Gasteiger partial charge in [-0.25, -0.2) is 0 Å². The molecular weight excluding hydrogens is 583 g/mol. The smallest absolute Gasteiger partial charge is 0.254 e. The van der Waals surface area contributed by atoms with Gasteiger partial charge in [0.25, 0.3) is 5.91 Å². The van der Waals surface area contributed by atoms with E-state index in [1.807, 2.05) is 79.5 Å². The first-order chi connectivity index (χ1) is 20.2. The summed E-state index contributed by atoms with van der Waals surface area (Å²) in [5, 5.41) is 3.12. The van der Waals surface area contributed by atoms with Crippen LogP contribution in [-0.4, -0.2) is 59.4 Å². The van der Waals surface area contributed by atoms with Gasteiger partial charge < -0.3 is 9.80 Å². The van der Waals surface area contributed by atoms with Crippen molar-refractivity contribution in [3.05, 3.63) is 111 Å². The quantitative estimate of drug-likeness (QED) is 0.189. The number of likely N-dealkylation sites (tertiary alicyclic amines) is 1. The fourth-order valence-electron chi connectivity index (χ4n) is 6.28. The second kappa shape index (κ2) is 13.7. The zero-order valence-corrected chi connectivity index (χ0v) is 26.8. The van der Waals surface area contributed by atoms with E-state index in [4.69, 9.17) is 23.2 Å². The van der Waals surface area contributed by atoms with Gasteiger partial charge in [-0.15, -0.1) is 0 Å². The van der Waals surface area contributed by atoms with Crippen molar-refractivity contribution in [3.8, 4) is 0 Å². The van der Waals surface area contributed by atoms with Gasteiger partial charge in [-0.05, 0) is 97.4 Å². The maximum Gasteiger partial charge on any atom is 0.254 e. The van der Waals surface area contributed by atoms with Crippen molar-refractivity contribution in [2.24, 2.45) is 0 Å². The number of hydrogen-bond donors (Lipinski definition) is 0. The Morgan fingerprint density at radius 3 is 2.43 bits per heavy atom. The van der Waals surface area contributed by atoms with Crippen molar-refractivity contribution in [1.29, 1.82) is 0 Å². The molecule has 7 heteroatoms. The SMILES string of the molecule is Cc1ccc2ccccc2c1C(=O)N(C)CC(CCN1CCC(c2ccccc2[S@](C)=O)CC1)c1ccc(Cl)c(Cl)c1. The molecular formula is C35H38Cl2N2O2S. The third-order valence-electron chi connectivity index (χ3n) is 8.66. The van der Waals surface area contributed by atoms with Gasteiger partial charge in [-0.3, -0.25) is 9.00 Å². The van der Waals surface area contributed by atoms with E-state index >= 15 is 0 Å². The molecule has 0 saturated carbocycles. The predicted octanol–water partition coefficient (Wildman–Crippen LogP) is 8.32. The number of fused-ring (bicyclic) bond motifs is 1. The summed E-state index contributed by atoms with van der Waals surface area (Å²) in [6.07, 6.45) is 4.75. The second-order valence-electron chi connectivity index (χ2n) is 11.4. The van der Waals surface area contributed by atoms with Gasteiger partial charge in [0.2, 0.25) is 0 Å². The standard InChI is InChI=1S/C35H38Cl2N2O2S/c1-24-12-13-25-8-4-5-10-30(25)34(24)35(40)38(2)23-28(27-14-15-31(36)32(37)22-27)18-21-39-19-16-26(17-20-39)29-9-6-7-11-33(29)42(3)41/h4-15,22,26,28H,16-21,23H2,1-3H3/t28?,42-/m0/s1. The van der Waals surface area contributed by atoms with E-state index in [1.165, 1.54) is 5.56 Å². The van der Waals surface area contributed by atoms with Crippen molar-refractivity contribution in [2.45, 2.75) is 42.9 Å². The first-order valence-corrected chi connectivity index (χ1v) is 16.9. The summed E-state index contributed by atoms with van der Waals surface area (Å²) in [4.78, 5) is 19.2. The Morgan fingerprint density at radius 2 is 1.69 bits per heavy atom. The molecule has 42 heavy (non-hydrogen) atoms. The zero-order valence-electron chi connectivity index (χ0n) is 24.5. The molecule has 0 spiro atoms. The molecule has 4 nitrogen and oxygen atoms in total. The molecule has 1 aliphatic rings. The molecule has 0 aromatic heterocycles. The van der Waals surface area contributed by atoms with Crippen LogP contribution >= 0.6 is 23.2 Å². The first-order valence-electron chi connectivity index (χ1n) is 14.6. The lowest BCUT2D eigenvalue weighted by Gasteiger charge is -2.34. The fraction of sp³-hybridized carbons (Fsp3) is 0.343. The molecule has 5 rings (SSSR count). The fourth-order valence-corrected chi connectivity index (χ4v) is 7.43. The summed E-state index contributed by atoms with van der Waals surface area (Å²) in [5.74, 6) is 0.562. The van der Waals surface area contributed by atoms with Gasteiger partial charge in [0, 0.05) is 30.7 Å². The largest absolute Gasteiger partial charge is 0.341 e. The zero-order chi connectivity index (χ0) is 29.8. The van der Waals surface area contributed by atoms with Crippen LogP contribution in [0.25, 0.3) is 10.8 Å². The number of rotatable bonds is 9. The average molecular weight is 622 g/mol. The molecule has 0 aliphatic carbocycles. The van der Waals surface area contributed by atoms with Gasteiger partial charge in [-0.1, -0.05) is 83.9 Å². The monoisotopic (exact) mass is 620 g/mol. The number of halogens is 2. The van der Waals surface area contributed by atoms with Crippen molar-refractivity contribution >= 4 is 50.7 Å². The summed E-state index contributed by atoms with van der Waals surface area (Å²) in [7, 11) is 0.913. The minimum Gasteiger partial charge on any atom is -0.341 e. The molecule has 2 atom stereocenters. The topological polar surface area (TPSA) is 40.6 Å². The number of hydrogen-bond acceptors (Lipinski definition) is 3. The summed E-state index contributed by atoms with van der Waals surface area (Å²) in [6.45, 7) is 5.49. The van der Waals surface area contributed by atoms with E-state index in [-0.39, 0.29) is 11.8 Å². The maximum absolute atomic E-state index is 13.9. The minimum absolute atomic E-state index is 0.0298. The molecule has 1 fully saturated rings. The lowest BCUT2D eigenvalue weighted by atomic mass is 9.88. The molecule has 4 aromatic carbocycles. The van der Waals surface area contributed by atoms with E-state index < -0.39 is 10.8 Å². The van der Waals surface area contributed by atoms with E-state index in [0.29, 0.717) is 22.5 Å². The molecule has 1 saturated heterocycles. The Labute approximate surface area is 262 Å². The van der Waals surface area contributed by atoms with Gasteiger partial charge in [-0.2, -0.15) is 0 Å². The lowest BCUT2D eigenvalue weighted by Crippen LogP contribution is -2.36. The summed E-state index contributed by atoms with van der Waals surface area (Å²) in [5.41, 5.74) is 4.07. The number of carbonyl (C=O) groups is 1. The highest BCUT2D eigenvalue weighted by molar-refractivity contribution is 7.84. The van der Waals surface area contributed by atoms with Crippen LogP contribution in [-0.2, 0) is 10.8 Å². The number of carbonyl (C=O) groups excluding carboxylic acids is 1. The van der Waals surface area contributed by atoms with Crippen LogP contribution in [0.5, 0.6) is 0 Å². The predicted molar refractivity (Wildman–Crippen MR) is 177 cm³/mol. The molecule has 0 radical (unpaired) electrons. The summed E-state index contributed by atoms with van der Waals surface area (Å²) >= 11 is 12.7. The number of nitrogens with zero attached hydrogens (tertiary/aromatic N) is 2. The Kier molecular flexibility index (Phi) is 10.1. The van der Waals surface area contributed by atoms with E-state index in [0.717, 1.165) is 71.3 Å². The van der Waals surface area contributed by atoms with Gasteiger partial charge in [0.1, 0.15) is 0 Å². The number of likely N-dealkylation sites (N-methyl/N-ethyl adjacent to an activating group) is 1. The van der Waals surface area contributed by atoms with Crippen LogP contribution in [0.1, 0.15) is 58.1 Å². The van der Waals surface area contributed by atoms with E-state index in [2.05, 4.69) is 23.1 Å². The Hall–Kier alpha value is -2.70. The van der Waals surface area contributed by atoms with Crippen LogP contribution in [0.15, 0.2) is 83.8 Å². The van der Waals surface area contributed by atoms with Crippen molar-refractivity contribution in [2.75, 3.05) is 39.5 Å². The highest BCUT2D eigenvalue weighted by Crippen LogP contribution is 2.34. The van der Waals surface area contributed by atoms with Crippen molar-refractivity contribution < 1.29 is 9.00 Å². The van der Waals surface area contributed by atoms with Crippen LogP contribution in [0, 0.1) is 6.92 Å². The molecule has 0 N–H and O–H groups in total. The number of amides is 1. The Balaban J connectivity index is 1.30. The minimum atomic E-state index is -0.985. The number of piperidine rings is 1. The molecule has 4 aromatic rings. The molecule has 220 valence electrons. The van der Waals surface area contributed by atoms with E-state index in [1.54, 1.807) is 6.26 Å². The van der Waals surface area contributed by atoms with Crippen LogP contribution in [0.2, 0.25) is 10.0 Å². The average Bonchev–Trinajstić information content (AvgIpc) is 3.00. The summed E-state index contributed by atoms with van der Waals surface area (Å²) in [6, 6.07) is 26.2. The summed E-state index contributed by atoms with van der Waals surface area (Å²) < 4.78 is 12.3. The normalized spacial score (nSPS) is 15.9. The third-order valence-corrected chi connectivity index (χ3v) is 10.4. The maximum atomic E-state index is 13.9. The van der Waals surface area contributed by atoms with Gasteiger partial charge in [0.05, 0.1) is 26.4 Å². The highest BCUT2D eigenvalue weighted by atomic mass is 35.5. The van der Waals surface area contributed by atoms with E-state index in [9.17, 15) is 9.00 Å². The molecule has 0 bridgehead atoms. The van der Waals surface area contributed by atoms with Crippen molar-refractivity contribution in [1.82, 2.24) is 9.80 Å². The molecule has 1 amide bonds. The van der Waals surface area contributed by atoms with Crippen LogP contribution in [0.3, 0.4) is 0 Å². The first kappa shape index (κ1) is 30.7. The van der Waals surface area contributed by atoms with Crippen molar-refractivity contribution in [3.63, 3.8) is 0 Å². The molecule has 1 unspecified atom stereocenters. The van der Waals surface area contributed by atoms with Gasteiger partial charge >= 0.3 is 0 Å². The van der Waals surface area contributed by atoms with Gasteiger partial charge in [0.15, 0.2) is 0 Å². The Morgan fingerprint density at radius 1 is 0.976 bits per heavy atom. The highest BCUT2D eigenvalue weighted by Gasteiger charge is 2.26. The molecule has 1 aliphatic heterocycles. The second-order valence-corrected chi connectivity index (χ2v) is 13.6. The number of benzene rings is 4. The van der Waals surface area contributed by atoms with Crippen LogP contribution in [0.4, 0.5) is 0 Å². The van der Waals surface area contributed by atoms with Crippen LogP contribution < -0.4 is 0 Å².